The molecule has 3 rings (SSSR count). The monoisotopic (exact) mass is 473 g/mol. The molecule has 0 aliphatic carbocycles. The van der Waals surface area contributed by atoms with Crippen molar-refractivity contribution < 1.29 is 18.7 Å². The lowest BCUT2D eigenvalue weighted by Gasteiger charge is -2.08. The number of hydrogen-bond acceptors (Lipinski definition) is 6. The lowest BCUT2D eigenvalue weighted by atomic mass is 10.3. The molecule has 0 atom stereocenters. The molecule has 11 heteroatoms. The summed E-state index contributed by atoms with van der Waals surface area (Å²) in [7, 11) is 0. The molecule has 0 saturated carbocycles. The Balaban J connectivity index is 1.56. The van der Waals surface area contributed by atoms with E-state index in [9.17, 15) is 9.59 Å². The van der Waals surface area contributed by atoms with Gasteiger partial charge in [0.25, 0.3) is 5.91 Å². The van der Waals surface area contributed by atoms with E-state index in [1.807, 2.05) is 0 Å². The first kappa shape index (κ1) is 21.4. The SMILES string of the molecule is CC(=O)NCc1ccc(-c2csc(NC(=O)COc3cc(Cl)c(Cl)cc3Cl)n2)o1. The van der Waals surface area contributed by atoms with Crippen molar-refractivity contribution in [2.24, 2.45) is 0 Å². The average Bonchev–Trinajstić information content (AvgIpc) is 3.31. The van der Waals surface area contributed by atoms with E-state index in [4.69, 9.17) is 44.0 Å². The zero-order valence-electron chi connectivity index (χ0n) is 14.9. The van der Waals surface area contributed by atoms with Crippen molar-refractivity contribution >= 4 is 63.1 Å². The number of carbonyl (C=O) groups excluding carboxylic acids is 2. The molecule has 2 N–H and O–H groups in total. The maximum atomic E-state index is 12.1. The highest BCUT2D eigenvalue weighted by Crippen LogP contribution is 2.34. The first-order valence-electron chi connectivity index (χ1n) is 8.18. The van der Waals surface area contributed by atoms with Crippen LogP contribution in [-0.4, -0.2) is 23.4 Å². The number of nitrogens with zero attached hydrogens (tertiary/aromatic N) is 1. The van der Waals surface area contributed by atoms with Gasteiger partial charge in [0.2, 0.25) is 5.91 Å². The van der Waals surface area contributed by atoms with Gasteiger partial charge in [-0.3, -0.25) is 14.9 Å². The smallest absolute Gasteiger partial charge is 0.264 e. The molecule has 0 spiro atoms. The van der Waals surface area contributed by atoms with Gasteiger partial charge in [0.05, 0.1) is 21.6 Å². The summed E-state index contributed by atoms with van der Waals surface area (Å²) in [6, 6.07) is 6.37. The topological polar surface area (TPSA) is 93.5 Å². The second-order valence-electron chi connectivity index (χ2n) is 5.75. The molecule has 0 aliphatic heterocycles. The van der Waals surface area contributed by atoms with Crippen LogP contribution in [0, 0.1) is 0 Å². The number of amides is 2. The van der Waals surface area contributed by atoms with Gasteiger partial charge in [-0.15, -0.1) is 11.3 Å². The summed E-state index contributed by atoms with van der Waals surface area (Å²) < 4.78 is 11.0. The number of rotatable bonds is 7. The molecule has 2 amide bonds. The Morgan fingerprint density at radius 2 is 1.93 bits per heavy atom. The minimum Gasteiger partial charge on any atom is -0.482 e. The molecule has 3 aromatic rings. The Morgan fingerprint density at radius 3 is 2.69 bits per heavy atom. The van der Waals surface area contributed by atoms with E-state index < -0.39 is 5.91 Å². The minimum absolute atomic E-state index is 0.147. The summed E-state index contributed by atoms with van der Waals surface area (Å²) in [5, 5.41) is 8.22. The second kappa shape index (κ2) is 9.49. The number of aromatic nitrogens is 1. The molecule has 7 nitrogen and oxygen atoms in total. The molecular weight excluding hydrogens is 461 g/mol. The van der Waals surface area contributed by atoms with E-state index in [0.29, 0.717) is 27.4 Å². The van der Waals surface area contributed by atoms with Gasteiger partial charge in [-0.05, 0) is 18.2 Å². The number of benzene rings is 1. The van der Waals surface area contributed by atoms with Gasteiger partial charge >= 0.3 is 0 Å². The normalized spacial score (nSPS) is 10.6. The average molecular weight is 475 g/mol. The van der Waals surface area contributed by atoms with E-state index in [0.717, 1.165) is 0 Å². The van der Waals surface area contributed by atoms with Crippen molar-refractivity contribution in [2.75, 3.05) is 11.9 Å². The Morgan fingerprint density at radius 1 is 1.17 bits per heavy atom. The fraction of sp³-hybridized carbons (Fsp3) is 0.167. The van der Waals surface area contributed by atoms with Crippen LogP contribution in [0.15, 0.2) is 34.1 Å². The first-order valence-corrected chi connectivity index (χ1v) is 10.2. The zero-order valence-corrected chi connectivity index (χ0v) is 18.0. The summed E-state index contributed by atoms with van der Waals surface area (Å²) >= 11 is 19.0. The van der Waals surface area contributed by atoms with Gasteiger partial charge in [-0.25, -0.2) is 4.98 Å². The molecule has 0 fully saturated rings. The van der Waals surface area contributed by atoms with Gasteiger partial charge < -0.3 is 14.5 Å². The van der Waals surface area contributed by atoms with Gasteiger partial charge in [0.1, 0.15) is 17.2 Å². The van der Waals surface area contributed by atoms with Crippen LogP contribution in [0.5, 0.6) is 5.75 Å². The highest BCUT2D eigenvalue weighted by Gasteiger charge is 2.13. The molecule has 0 radical (unpaired) electrons. The van der Waals surface area contributed by atoms with Crippen LogP contribution < -0.4 is 15.4 Å². The first-order chi connectivity index (χ1) is 13.8. The van der Waals surface area contributed by atoms with E-state index in [1.54, 1.807) is 17.5 Å². The van der Waals surface area contributed by atoms with Crippen molar-refractivity contribution in [1.82, 2.24) is 10.3 Å². The lowest BCUT2D eigenvalue weighted by Crippen LogP contribution is -2.20. The van der Waals surface area contributed by atoms with Gasteiger partial charge in [-0.2, -0.15) is 0 Å². The van der Waals surface area contributed by atoms with Gasteiger partial charge in [-0.1, -0.05) is 34.8 Å². The summed E-state index contributed by atoms with van der Waals surface area (Å²) in [6.45, 7) is 1.43. The van der Waals surface area contributed by atoms with Crippen LogP contribution in [0.25, 0.3) is 11.5 Å². The van der Waals surface area contributed by atoms with Crippen LogP contribution >= 0.6 is 46.1 Å². The van der Waals surface area contributed by atoms with E-state index in [1.165, 1.54) is 30.4 Å². The summed E-state index contributed by atoms with van der Waals surface area (Å²) in [6.07, 6.45) is 0. The van der Waals surface area contributed by atoms with Crippen molar-refractivity contribution in [3.05, 3.63) is 50.5 Å². The molecule has 1 aromatic carbocycles. The van der Waals surface area contributed by atoms with Gasteiger partial charge in [0, 0.05) is 18.4 Å². The second-order valence-corrected chi connectivity index (χ2v) is 7.83. The maximum Gasteiger partial charge on any atom is 0.264 e. The highest BCUT2D eigenvalue weighted by molar-refractivity contribution is 7.14. The standard InChI is InChI=1S/C18H14Cl3N3O4S/c1-9(25)22-6-10-2-3-15(28-10)14-8-29-18(23-14)24-17(26)7-27-16-5-12(20)11(19)4-13(16)21/h2-5,8H,6-7H2,1H3,(H,22,25)(H,23,24,26). The summed E-state index contributed by atoms with van der Waals surface area (Å²) in [4.78, 5) is 27.4. The number of nitrogens with one attached hydrogen (secondary N) is 2. The Hall–Kier alpha value is -2.26. The summed E-state index contributed by atoms with van der Waals surface area (Å²) in [5.74, 6) is 0.810. The number of anilines is 1. The molecule has 0 bridgehead atoms. The predicted molar refractivity (Wildman–Crippen MR) is 113 cm³/mol. The van der Waals surface area contributed by atoms with Crippen molar-refractivity contribution in [3.63, 3.8) is 0 Å². The Kier molecular flexibility index (Phi) is 7.02. The molecule has 0 unspecified atom stereocenters. The Labute approximate surface area is 184 Å². The number of carbonyl (C=O) groups is 2. The fourth-order valence-electron chi connectivity index (χ4n) is 2.18. The number of thiazole rings is 1. The van der Waals surface area contributed by atoms with Gasteiger partial charge in [0.15, 0.2) is 17.5 Å². The number of halogens is 3. The molecule has 0 saturated heterocycles. The quantitative estimate of drug-likeness (QED) is 0.469. The van der Waals surface area contributed by atoms with Crippen LogP contribution in [0.1, 0.15) is 12.7 Å². The summed E-state index contributed by atoms with van der Waals surface area (Å²) in [5.41, 5.74) is 0.563. The number of hydrogen-bond donors (Lipinski definition) is 2. The molecule has 0 aliphatic rings. The van der Waals surface area contributed by atoms with Crippen LogP contribution in [-0.2, 0) is 16.1 Å². The molecule has 2 aromatic heterocycles. The fourth-order valence-corrected chi connectivity index (χ4v) is 3.49. The lowest BCUT2D eigenvalue weighted by molar-refractivity contribution is -0.119. The molecule has 29 heavy (non-hydrogen) atoms. The highest BCUT2D eigenvalue weighted by atomic mass is 35.5. The minimum atomic E-state index is -0.418. The third kappa shape index (κ3) is 5.86. The van der Waals surface area contributed by atoms with Crippen molar-refractivity contribution in [2.45, 2.75) is 13.5 Å². The largest absolute Gasteiger partial charge is 0.482 e. The molecule has 152 valence electrons. The van der Waals surface area contributed by atoms with Crippen LogP contribution in [0.2, 0.25) is 15.1 Å². The maximum absolute atomic E-state index is 12.1. The third-order valence-electron chi connectivity index (χ3n) is 3.51. The predicted octanol–water partition coefficient (Wildman–Crippen LogP) is 5.02. The van der Waals surface area contributed by atoms with E-state index in [2.05, 4.69) is 15.6 Å². The number of ether oxygens (including phenoxy) is 1. The van der Waals surface area contributed by atoms with Crippen molar-refractivity contribution in [3.8, 4) is 17.2 Å². The zero-order chi connectivity index (χ0) is 21.0. The van der Waals surface area contributed by atoms with Crippen molar-refractivity contribution in [1.29, 1.82) is 0 Å². The molecular formula is C18H14Cl3N3O4S. The Bertz CT molecular complexity index is 1050. The van der Waals surface area contributed by atoms with E-state index in [-0.39, 0.29) is 34.9 Å². The third-order valence-corrected chi connectivity index (χ3v) is 5.29. The van der Waals surface area contributed by atoms with E-state index >= 15 is 0 Å². The number of furan rings is 1. The van der Waals surface area contributed by atoms with Crippen LogP contribution in [0.3, 0.4) is 0 Å². The van der Waals surface area contributed by atoms with Crippen LogP contribution in [0.4, 0.5) is 5.13 Å². The molecule has 2 heterocycles.